The number of carbonyl (C=O) groups excluding carboxylic acids is 3. The van der Waals surface area contributed by atoms with Gasteiger partial charge >= 0.3 is 6.16 Å². The Labute approximate surface area is 164 Å². The third-order valence-corrected chi connectivity index (χ3v) is 5.32. The highest BCUT2D eigenvalue weighted by Crippen LogP contribution is 2.45. The minimum Gasteiger partial charge on any atom is -0.461 e. The van der Waals surface area contributed by atoms with E-state index in [1.165, 1.54) is 0 Å². The average Bonchev–Trinajstić information content (AvgIpc) is 3.19. The Balaban J connectivity index is 1.57. The Morgan fingerprint density at radius 3 is 2.36 bits per heavy atom. The predicted octanol–water partition coefficient (Wildman–Crippen LogP) is 1.23. The summed E-state index contributed by atoms with van der Waals surface area (Å²) in [7, 11) is 0. The Bertz CT molecular complexity index is 677. The van der Waals surface area contributed by atoms with Crippen molar-refractivity contribution in [1.82, 2.24) is 10.6 Å². The molecule has 1 saturated carbocycles. The largest absolute Gasteiger partial charge is 0.509 e. The molecule has 2 amide bonds. The zero-order chi connectivity index (χ0) is 20.5. The lowest BCUT2D eigenvalue weighted by Gasteiger charge is -2.47. The maximum absolute atomic E-state index is 12.4. The van der Waals surface area contributed by atoms with Crippen LogP contribution >= 0.6 is 0 Å². The average molecular weight is 396 g/mol. The minimum atomic E-state index is -0.906. The standard InChI is InChI=1S/C19H28N2O7/c1-11-25-7-13(27-11)15(22)20-10-19(4)6-12(5-18(2,3)9-19)21-16(23)14-8-26-17(24)28-14/h12-14H,1,5-10H2,2-4H3,(H,20,22)(H,21,23). The van der Waals surface area contributed by atoms with E-state index < -0.39 is 18.4 Å². The van der Waals surface area contributed by atoms with Gasteiger partial charge < -0.3 is 29.6 Å². The molecule has 3 rings (SSSR count). The van der Waals surface area contributed by atoms with Crippen LogP contribution in [-0.4, -0.2) is 56.0 Å². The van der Waals surface area contributed by atoms with Gasteiger partial charge in [0, 0.05) is 12.6 Å². The molecule has 0 aromatic heterocycles. The summed E-state index contributed by atoms with van der Waals surface area (Å²) in [5, 5.41) is 5.92. The molecule has 2 aliphatic heterocycles. The summed E-state index contributed by atoms with van der Waals surface area (Å²) in [5.74, 6) is -0.432. The number of cyclic esters (lactones) is 2. The van der Waals surface area contributed by atoms with E-state index in [2.05, 4.69) is 42.7 Å². The summed E-state index contributed by atoms with van der Waals surface area (Å²) in [5.41, 5.74) is -0.242. The van der Waals surface area contributed by atoms with Crippen LogP contribution in [0.2, 0.25) is 0 Å². The molecule has 0 spiro atoms. The number of ether oxygens (including phenoxy) is 4. The Morgan fingerprint density at radius 2 is 1.75 bits per heavy atom. The molecule has 3 aliphatic rings. The number of rotatable bonds is 5. The normalized spacial score (nSPS) is 33.9. The SMILES string of the molecule is C=C1OCC(C(=O)NCC2(C)CC(NC(=O)C3COC(=O)O3)CC(C)(C)C2)O1. The summed E-state index contributed by atoms with van der Waals surface area (Å²) in [4.78, 5) is 35.7. The van der Waals surface area contributed by atoms with Gasteiger partial charge in [-0.05, 0) is 36.7 Å². The molecule has 3 fully saturated rings. The van der Waals surface area contributed by atoms with Crippen molar-refractivity contribution in [3.63, 3.8) is 0 Å². The van der Waals surface area contributed by atoms with Crippen molar-refractivity contribution in [2.24, 2.45) is 10.8 Å². The third-order valence-electron chi connectivity index (χ3n) is 5.32. The third kappa shape index (κ3) is 4.88. The maximum atomic E-state index is 12.4. The number of hydrogen-bond donors (Lipinski definition) is 2. The van der Waals surface area contributed by atoms with Crippen molar-refractivity contribution in [2.45, 2.75) is 58.3 Å². The van der Waals surface area contributed by atoms with Crippen LogP contribution < -0.4 is 10.6 Å². The van der Waals surface area contributed by atoms with Crippen LogP contribution in [0.4, 0.5) is 4.79 Å². The van der Waals surface area contributed by atoms with Gasteiger partial charge in [0.25, 0.3) is 17.8 Å². The Kier molecular flexibility index (Phi) is 5.45. The first kappa shape index (κ1) is 20.3. The zero-order valence-corrected chi connectivity index (χ0v) is 16.5. The fraction of sp³-hybridized carbons (Fsp3) is 0.737. The van der Waals surface area contributed by atoms with Crippen molar-refractivity contribution in [3.05, 3.63) is 12.5 Å². The highest BCUT2D eigenvalue weighted by molar-refractivity contribution is 5.84. The first-order valence-electron chi connectivity index (χ1n) is 9.45. The Morgan fingerprint density at radius 1 is 1.07 bits per heavy atom. The van der Waals surface area contributed by atoms with E-state index in [0.717, 1.165) is 12.8 Å². The van der Waals surface area contributed by atoms with Crippen LogP contribution in [0.3, 0.4) is 0 Å². The second-order valence-electron chi connectivity index (χ2n) is 8.94. The maximum Gasteiger partial charge on any atom is 0.509 e. The predicted molar refractivity (Wildman–Crippen MR) is 96.9 cm³/mol. The molecular weight excluding hydrogens is 368 g/mol. The van der Waals surface area contributed by atoms with Gasteiger partial charge in [-0.1, -0.05) is 20.8 Å². The van der Waals surface area contributed by atoms with Crippen LogP contribution in [0, 0.1) is 10.8 Å². The second kappa shape index (κ2) is 7.52. The Hall–Kier alpha value is -2.45. The van der Waals surface area contributed by atoms with Crippen LogP contribution in [-0.2, 0) is 28.5 Å². The number of hydrogen-bond acceptors (Lipinski definition) is 7. The van der Waals surface area contributed by atoms with Gasteiger partial charge in [0.2, 0.25) is 12.2 Å². The number of carbonyl (C=O) groups is 3. The summed E-state index contributed by atoms with van der Waals surface area (Å²) in [6.45, 7) is 10.5. The van der Waals surface area contributed by atoms with Crippen LogP contribution in [0.5, 0.6) is 0 Å². The zero-order valence-electron chi connectivity index (χ0n) is 16.5. The summed E-state index contributed by atoms with van der Waals surface area (Å²) in [6.07, 6.45) is -0.0287. The van der Waals surface area contributed by atoms with E-state index in [-0.39, 0.29) is 47.8 Å². The van der Waals surface area contributed by atoms with Gasteiger partial charge in [-0.3, -0.25) is 9.59 Å². The summed E-state index contributed by atoms with van der Waals surface area (Å²) in [6, 6.07) is -0.0942. The molecule has 28 heavy (non-hydrogen) atoms. The van der Waals surface area contributed by atoms with E-state index in [4.69, 9.17) is 14.2 Å². The van der Waals surface area contributed by atoms with Crippen molar-refractivity contribution in [1.29, 1.82) is 0 Å². The first-order chi connectivity index (χ1) is 13.1. The summed E-state index contributed by atoms with van der Waals surface area (Å²) >= 11 is 0. The monoisotopic (exact) mass is 396 g/mol. The molecule has 2 N–H and O–H groups in total. The van der Waals surface area contributed by atoms with Gasteiger partial charge in [0.1, 0.15) is 13.2 Å². The first-order valence-corrected chi connectivity index (χ1v) is 9.45. The number of nitrogens with one attached hydrogen (secondary N) is 2. The van der Waals surface area contributed by atoms with Gasteiger partial charge in [0.15, 0.2) is 0 Å². The molecule has 9 nitrogen and oxygen atoms in total. The molecule has 0 aromatic carbocycles. The van der Waals surface area contributed by atoms with E-state index in [0.29, 0.717) is 13.0 Å². The molecule has 9 heteroatoms. The van der Waals surface area contributed by atoms with Gasteiger partial charge in [0.05, 0.1) is 0 Å². The highest BCUT2D eigenvalue weighted by Gasteiger charge is 2.43. The minimum absolute atomic E-state index is 0.0280. The van der Waals surface area contributed by atoms with Crippen LogP contribution in [0.25, 0.3) is 0 Å². The van der Waals surface area contributed by atoms with Crippen molar-refractivity contribution in [3.8, 4) is 0 Å². The lowest BCUT2D eigenvalue weighted by Crippen LogP contribution is -2.53. The van der Waals surface area contributed by atoms with E-state index in [1.54, 1.807) is 0 Å². The van der Waals surface area contributed by atoms with Crippen molar-refractivity contribution < 1.29 is 33.3 Å². The lowest BCUT2D eigenvalue weighted by atomic mass is 9.62. The topological polar surface area (TPSA) is 112 Å². The van der Waals surface area contributed by atoms with Crippen LogP contribution in [0.1, 0.15) is 40.0 Å². The van der Waals surface area contributed by atoms with Gasteiger partial charge in [-0.15, -0.1) is 0 Å². The molecule has 4 unspecified atom stereocenters. The molecule has 0 radical (unpaired) electrons. The van der Waals surface area contributed by atoms with Crippen molar-refractivity contribution >= 4 is 18.0 Å². The van der Waals surface area contributed by atoms with Gasteiger partial charge in [-0.25, -0.2) is 4.79 Å². The molecule has 2 saturated heterocycles. The second-order valence-corrected chi connectivity index (χ2v) is 8.94. The fourth-order valence-electron chi connectivity index (χ4n) is 4.56. The molecule has 1 aliphatic carbocycles. The molecule has 0 aromatic rings. The van der Waals surface area contributed by atoms with E-state index >= 15 is 0 Å². The van der Waals surface area contributed by atoms with Gasteiger partial charge in [-0.2, -0.15) is 0 Å². The molecule has 2 heterocycles. The molecule has 4 atom stereocenters. The highest BCUT2D eigenvalue weighted by atomic mass is 16.8. The van der Waals surface area contributed by atoms with E-state index in [1.807, 2.05) is 0 Å². The number of amides is 2. The molecular formula is C19H28N2O7. The van der Waals surface area contributed by atoms with Crippen LogP contribution in [0.15, 0.2) is 12.5 Å². The smallest absolute Gasteiger partial charge is 0.461 e. The van der Waals surface area contributed by atoms with E-state index in [9.17, 15) is 14.4 Å². The molecule has 0 bridgehead atoms. The quantitative estimate of drug-likeness (QED) is 0.672. The summed E-state index contributed by atoms with van der Waals surface area (Å²) < 4.78 is 19.9. The fourth-order valence-corrected chi connectivity index (χ4v) is 4.56. The molecule has 156 valence electrons. The lowest BCUT2D eigenvalue weighted by molar-refractivity contribution is -0.131. The van der Waals surface area contributed by atoms with Crippen molar-refractivity contribution in [2.75, 3.05) is 19.8 Å².